The van der Waals surface area contributed by atoms with Crippen molar-refractivity contribution in [3.63, 3.8) is 0 Å². The van der Waals surface area contributed by atoms with Crippen molar-refractivity contribution in [1.29, 1.82) is 0 Å². The van der Waals surface area contributed by atoms with Crippen molar-refractivity contribution in [2.24, 2.45) is 0 Å². The molecule has 1 rings (SSSR count). The molecule has 0 radical (unpaired) electrons. The zero-order valence-electron chi connectivity index (χ0n) is 8.73. The average molecular weight is 434 g/mol. The van der Waals surface area contributed by atoms with Crippen molar-refractivity contribution in [1.82, 2.24) is 5.32 Å². The highest BCUT2D eigenvalue weighted by Crippen LogP contribution is 2.31. The number of halogens is 3. The van der Waals surface area contributed by atoms with Gasteiger partial charge in [0.05, 0.1) is 13.1 Å². The number of nitrogens with one attached hydrogen (secondary N) is 1. The van der Waals surface area contributed by atoms with Crippen LogP contribution in [0.25, 0.3) is 0 Å². The van der Waals surface area contributed by atoms with Crippen molar-refractivity contribution in [2.75, 3.05) is 6.54 Å². The zero-order chi connectivity index (χ0) is 12.1. The summed E-state index contributed by atoms with van der Waals surface area (Å²) in [5.74, 6) is -0.0175. The number of carbonyl (C=O) groups is 1. The van der Waals surface area contributed by atoms with Crippen molar-refractivity contribution in [3.8, 4) is 0 Å². The lowest BCUT2D eigenvalue weighted by Crippen LogP contribution is -2.24. The van der Waals surface area contributed by atoms with E-state index in [0.29, 0.717) is 16.9 Å². The number of rotatable bonds is 5. The largest absolute Gasteiger partial charge is 0.352 e. The van der Waals surface area contributed by atoms with E-state index in [0.717, 1.165) is 20.4 Å². The first-order valence-corrected chi connectivity index (χ1v) is 8.19. The molecule has 0 aliphatic carbocycles. The lowest BCUT2D eigenvalue weighted by atomic mass is 10.2. The number of alkyl halides is 1. The highest BCUT2D eigenvalue weighted by molar-refractivity contribution is 9.12. The van der Waals surface area contributed by atoms with Crippen LogP contribution < -0.4 is 5.32 Å². The van der Waals surface area contributed by atoms with Crippen molar-refractivity contribution < 1.29 is 4.79 Å². The van der Waals surface area contributed by atoms with Crippen molar-refractivity contribution in [3.05, 3.63) is 19.2 Å². The SMILES string of the molecule is CC(Br)CCCNC(=O)c1cc(Br)sc1Br. The van der Waals surface area contributed by atoms with Crippen LogP contribution >= 0.6 is 59.1 Å². The highest BCUT2D eigenvalue weighted by atomic mass is 79.9. The minimum absolute atomic E-state index is 0.0175. The fourth-order valence-electron chi connectivity index (χ4n) is 1.18. The molecule has 90 valence electrons. The van der Waals surface area contributed by atoms with Gasteiger partial charge in [0.25, 0.3) is 5.91 Å². The number of amides is 1. The van der Waals surface area contributed by atoms with Gasteiger partial charge in [0, 0.05) is 11.4 Å². The summed E-state index contributed by atoms with van der Waals surface area (Å²) < 4.78 is 1.82. The van der Waals surface area contributed by atoms with Crippen LogP contribution in [0.2, 0.25) is 0 Å². The number of hydrogen-bond donors (Lipinski definition) is 1. The number of hydrogen-bond acceptors (Lipinski definition) is 2. The molecule has 0 aromatic carbocycles. The second-order valence-corrected chi connectivity index (χ2v) is 8.73. The molecular weight excluding hydrogens is 422 g/mol. The Bertz CT molecular complexity index is 365. The lowest BCUT2D eigenvalue weighted by molar-refractivity contribution is 0.0953. The van der Waals surface area contributed by atoms with Gasteiger partial charge in [-0.3, -0.25) is 4.79 Å². The topological polar surface area (TPSA) is 29.1 Å². The smallest absolute Gasteiger partial charge is 0.253 e. The van der Waals surface area contributed by atoms with Crippen LogP contribution in [-0.4, -0.2) is 17.3 Å². The Morgan fingerprint density at radius 3 is 2.75 bits per heavy atom. The molecule has 2 nitrogen and oxygen atoms in total. The molecule has 0 saturated carbocycles. The van der Waals surface area contributed by atoms with E-state index in [1.54, 1.807) is 0 Å². The quantitative estimate of drug-likeness (QED) is 0.535. The van der Waals surface area contributed by atoms with E-state index in [1.807, 2.05) is 6.07 Å². The van der Waals surface area contributed by atoms with Crippen LogP contribution in [0.1, 0.15) is 30.1 Å². The third kappa shape index (κ3) is 4.85. The monoisotopic (exact) mass is 431 g/mol. The Labute approximate surface area is 125 Å². The van der Waals surface area contributed by atoms with Gasteiger partial charge in [0.1, 0.15) is 0 Å². The van der Waals surface area contributed by atoms with E-state index in [1.165, 1.54) is 11.3 Å². The maximum absolute atomic E-state index is 11.8. The summed E-state index contributed by atoms with van der Waals surface area (Å²) in [5.41, 5.74) is 0.698. The molecule has 0 fully saturated rings. The van der Waals surface area contributed by atoms with Gasteiger partial charge in [-0.25, -0.2) is 0 Å². The van der Waals surface area contributed by atoms with Crippen LogP contribution in [-0.2, 0) is 0 Å². The van der Waals surface area contributed by atoms with Crippen LogP contribution in [0.15, 0.2) is 13.6 Å². The van der Waals surface area contributed by atoms with Gasteiger partial charge in [0.2, 0.25) is 0 Å². The molecule has 1 aromatic heterocycles. The number of thiophene rings is 1. The van der Waals surface area contributed by atoms with E-state index in [-0.39, 0.29) is 5.91 Å². The van der Waals surface area contributed by atoms with Gasteiger partial charge in [0.15, 0.2) is 0 Å². The molecule has 0 aliphatic rings. The molecule has 6 heteroatoms. The first kappa shape index (κ1) is 14.7. The maximum Gasteiger partial charge on any atom is 0.253 e. The standard InChI is InChI=1S/C10H12Br3NOS/c1-6(11)3-2-4-14-10(15)7-5-8(12)16-9(7)13/h5-6H,2-4H2,1H3,(H,14,15). The molecule has 1 amide bonds. The van der Waals surface area contributed by atoms with Crippen molar-refractivity contribution in [2.45, 2.75) is 24.6 Å². The first-order valence-electron chi connectivity index (χ1n) is 4.88. The first-order chi connectivity index (χ1) is 7.50. The fourth-order valence-corrected chi connectivity index (χ4v) is 4.29. The van der Waals surface area contributed by atoms with Gasteiger partial charge in [-0.1, -0.05) is 22.9 Å². The molecule has 0 aliphatic heterocycles. The third-order valence-corrected chi connectivity index (χ3v) is 4.76. The van der Waals surface area contributed by atoms with E-state index >= 15 is 0 Å². The van der Waals surface area contributed by atoms with E-state index < -0.39 is 0 Å². The van der Waals surface area contributed by atoms with Crippen LogP contribution in [0, 0.1) is 0 Å². The number of carbonyl (C=O) groups excluding carboxylic acids is 1. The second-order valence-electron chi connectivity index (χ2n) is 3.42. The zero-order valence-corrected chi connectivity index (χ0v) is 14.3. The van der Waals surface area contributed by atoms with Crippen LogP contribution in [0.4, 0.5) is 0 Å². The summed E-state index contributed by atoms with van der Waals surface area (Å²) in [6.07, 6.45) is 2.05. The fraction of sp³-hybridized carbons (Fsp3) is 0.500. The van der Waals surface area contributed by atoms with Gasteiger partial charge < -0.3 is 5.32 Å². The summed E-state index contributed by atoms with van der Waals surface area (Å²) in [4.78, 5) is 12.3. The molecule has 1 atom stereocenters. The summed E-state index contributed by atoms with van der Waals surface area (Å²) in [6, 6.07) is 1.83. The lowest BCUT2D eigenvalue weighted by Gasteiger charge is -2.05. The van der Waals surface area contributed by atoms with Crippen LogP contribution in [0.5, 0.6) is 0 Å². The normalized spacial score (nSPS) is 12.5. The minimum Gasteiger partial charge on any atom is -0.352 e. The molecule has 16 heavy (non-hydrogen) atoms. The average Bonchev–Trinajstić information content (AvgIpc) is 2.52. The van der Waals surface area contributed by atoms with Gasteiger partial charge in [-0.2, -0.15) is 0 Å². The minimum atomic E-state index is -0.0175. The van der Waals surface area contributed by atoms with Crippen molar-refractivity contribution >= 4 is 65.0 Å². The van der Waals surface area contributed by atoms with Gasteiger partial charge >= 0.3 is 0 Å². The Morgan fingerprint density at radius 2 is 2.25 bits per heavy atom. The molecule has 0 spiro atoms. The summed E-state index contributed by atoms with van der Waals surface area (Å²) >= 11 is 11.7. The Balaban J connectivity index is 2.38. The summed E-state index contributed by atoms with van der Waals surface area (Å²) in [6.45, 7) is 2.82. The third-order valence-electron chi connectivity index (χ3n) is 1.97. The predicted octanol–water partition coefficient (Wildman–Crippen LogP) is 4.57. The molecule has 1 N–H and O–H groups in total. The molecular formula is C10H12Br3NOS. The summed E-state index contributed by atoms with van der Waals surface area (Å²) in [5, 5.41) is 2.90. The molecule has 0 bridgehead atoms. The van der Waals surface area contributed by atoms with Crippen LogP contribution in [0.3, 0.4) is 0 Å². The Hall–Kier alpha value is 0.610. The maximum atomic E-state index is 11.8. The van der Waals surface area contributed by atoms with E-state index in [4.69, 9.17) is 0 Å². The molecule has 1 unspecified atom stereocenters. The highest BCUT2D eigenvalue weighted by Gasteiger charge is 2.12. The predicted molar refractivity (Wildman–Crippen MR) is 79.7 cm³/mol. The molecule has 1 heterocycles. The summed E-state index contributed by atoms with van der Waals surface area (Å²) in [7, 11) is 0. The van der Waals surface area contributed by atoms with E-state index in [2.05, 4.69) is 60.0 Å². The Kier molecular flexibility index (Phi) is 6.54. The van der Waals surface area contributed by atoms with Gasteiger partial charge in [-0.15, -0.1) is 11.3 Å². The van der Waals surface area contributed by atoms with E-state index in [9.17, 15) is 4.79 Å². The second kappa shape index (κ2) is 7.13. The molecule has 1 aromatic rings. The molecule has 0 saturated heterocycles. The Morgan fingerprint density at radius 1 is 1.56 bits per heavy atom. The van der Waals surface area contributed by atoms with Gasteiger partial charge in [-0.05, 0) is 50.8 Å².